The molecule has 1 spiro atoms. The summed E-state index contributed by atoms with van der Waals surface area (Å²) in [7, 11) is 0.784. The van der Waals surface area contributed by atoms with E-state index in [-0.39, 0.29) is 11.4 Å². The van der Waals surface area contributed by atoms with Gasteiger partial charge in [0.2, 0.25) is 10.0 Å². The first-order valence-corrected chi connectivity index (χ1v) is 10.4. The predicted molar refractivity (Wildman–Crippen MR) is 97.4 cm³/mol. The van der Waals surface area contributed by atoms with Crippen molar-refractivity contribution in [2.24, 2.45) is 5.92 Å². The van der Waals surface area contributed by atoms with E-state index in [4.69, 9.17) is 4.74 Å². The quantitative estimate of drug-likeness (QED) is 0.747. The molecule has 0 saturated carbocycles. The lowest BCUT2D eigenvalue weighted by molar-refractivity contribution is -0.0454. The second kappa shape index (κ2) is 7.05. The van der Waals surface area contributed by atoms with Gasteiger partial charge in [-0.25, -0.2) is 23.1 Å². The Kier molecular flexibility index (Phi) is 5.17. The van der Waals surface area contributed by atoms with Gasteiger partial charge in [-0.3, -0.25) is 0 Å². The van der Waals surface area contributed by atoms with Gasteiger partial charge < -0.3 is 14.5 Å². The van der Waals surface area contributed by atoms with Crippen LogP contribution in [0.15, 0.2) is 12.4 Å². The molecule has 140 valence electrons. The van der Waals surface area contributed by atoms with Crippen LogP contribution in [-0.2, 0) is 14.8 Å². The Labute approximate surface area is 149 Å². The molecule has 8 nitrogen and oxygen atoms in total. The smallest absolute Gasteiger partial charge is 0.211 e. The van der Waals surface area contributed by atoms with E-state index < -0.39 is 10.0 Å². The van der Waals surface area contributed by atoms with Gasteiger partial charge in [-0.15, -0.1) is 0 Å². The van der Waals surface area contributed by atoms with Gasteiger partial charge in [-0.1, -0.05) is 0 Å². The van der Waals surface area contributed by atoms with Crippen molar-refractivity contribution in [2.45, 2.75) is 25.4 Å². The maximum absolute atomic E-state index is 11.6. The van der Waals surface area contributed by atoms with Crippen LogP contribution < -0.4 is 14.5 Å². The van der Waals surface area contributed by atoms with Gasteiger partial charge in [0, 0.05) is 33.3 Å². The van der Waals surface area contributed by atoms with E-state index in [9.17, 15) is 8.42 Å². The first-order valence-electron chi connectivity index (χ1n) is 8.71. The Morgan fingerprint density at radius 3 is 2.84 bits per heavy atom. The monoisotopic (exact) mass is 369 g/mol. The van der Waals surface area contributed by atoms with Crippen LogP contribution in [0.1, 0.15) is 19.8 Å². The molecule has 2 aliphatic rings. The normalized spacial score (nSPS) is 22.2. The molecule has 1 aromatic heterocycles. The zero-order valence-corrected chi connectivity index (χ0v) is 15.9. The van der Waals surface area contributed by atoms with E-state index in [0.717, 1.165) is 44.2 Å². The lowest BCUT2D eigenvalue weighted by Crippen LogP contribution is -2.65. The number of hydrogen-bond acceptors (Lipinski definition) is 7. The molecule has 1 unspecified atom stereocenters. The summed E-state index contributed by atoms with van der Waals surface area (Å²) < 4.78 is 31.9. The minimum Gasteiger partial charge on any atom is -0.371 e. The van der Waals surface area contributed by atoms with Crippen LogP contribution in [0.2, 0.25) is 0 Å². The lowest BCUT2D eigenvalue weighted by Gasteiger charge is -2.51. The second-order valence-corrected chi connectivity index (χ2v) is 9.07. The van der Waals surface area contributed by atoms with Gasteiger partial charge in [0.15, 0.2) is 0 Å². The van der Waals surface area contributed by atoms with E-state index >= 15 is 0 Å². The summed E-state index contributed by atoms with van der Waals surface area (Å²) in [5, 5.41) is 0. The van der Waals surface area contributed by atoms with Crippen molar-refractivity contribution in [2.75, 3.05) is 55.9 Å². The van der Waals surface area contributed by atoms with E-state index in [1.54, 1.807) is 13.3 Å². The zero-order chi connectivity index (χ0) is 18.1. The first-order chi connectivity index (χ1) is 11.9. The Bertz CT molecular complexity index is 703. The lowest BCUT2D eigenvalue weighted by atomic mass is 9.79. The molecule has 2 fully saturated rings. The average Bonchev–Trinajstić information content (AvgIpc) is 2.97. The molecule has 3 heterocycles. The molecular weight excluding hydrogens is 342 g/mol. The minimum atomic E-state index is -3.13. The van der Waals surface area contributed by atoms with Gasteiger partial charge in [-0.05, 0) is 25.7 Å². The molecule has 1 aromatic rings. The average molecular weight is 369 g/mol. The Morgan fingerprint density at radius 1 is 1.40 bits per heavy atom. The third-order valence-electron chi connectivity index (χ3n) is 5.13. The fraction of sp³-hybridized carbons (Fsp3) is 0.750. The number of nitrogens with zero attached hydrogens (tertiary/aromatic N) is 4. The zero-order valence-electron chi connectivity index (χ0n) is 15.1. The number of rotatable bonds is 7. The number of hydrogen-bond donors (Lipinski definition) is 1. The van der Waals surface area contributed by atoms with Gasteiger partial charge in [0.25, 0.3) is 0 Å². The van der Waals surface area contributed by atoms with Gasteiger partial charge in [-0.2, -0.15) is 0 Å². The van der Waals surface area contributed by atoms with Gasteiger partial charge in [0.1, 0.15) is 23.6 Å². The molecule has 1 N–H and O–H groups in total. The van der Waals surface area contributed by atoms with Crippen molar-refractivity contribution in [1.82, 2.24) is 14.7 Å². The van der Waals surface area contributed by atoms with Crippen molar-refractivity contribution in [1.29, 1.82) is 0 Å². The van der Waals surface area contributed by atoms with Crippen molar-refractivity contribution in [3.8, 4) is 0 Å². The van der Waals surface area contributed by atoms with E-state index in [0.29, 0.717) is 12.5 Å². The van der Waals surface area contributed by atoms with Crippen molar-refractivity contribution < 1.29 is 13.2 Å². The van der Waals surface area contributed by atoms with Crippen LogP contribution in [0.5, 0.6) is 0 Å². The van der Waals surface area contributed by atoms with Crippen LogP contribution in [0.3, 0.4) is 0 Å². The number of sulfonamides is 1. The summed E-state index contributed by atoms with van der Waals surface area (Å²) >= 11 is 0. The topological polar surface area (TPSA) is 87.7 Å². The molecule has 0 amide bonds. The molecule has 25 heavy (non-hydrogen) atoms. The predicted octanol–water partition coefficient (Wildman–Crippen LogP) is 0.467. The van der Waals surface area contributed by atoms with Crippen molar-refractivity contribution in [3.63, 3.8) is 0 Å². The first kappa shape index (κ1) is 18.3. The summed E-state index contributed by atoms with van der Waals surface area (Å²) in [5.41, 5.74) is -0.166. The Morgan fingerprint density at radius 2 is 2.16 bits per heavy atom. The fourth-order valence-electron chi connectivity index (χ4n) is 3.55. The van der Waals surface area contributed by atoms with Crippen molar-refractivity contribution in [3.05, 3.63) is 12.4 Å². The largest absolute Gasteiger partial charge is 0.371 e. The van der Waals surface area contributed by atoms with Crippen LogP contribution in [-0.4, -0.2) is 70.1 Å². The SMILES string of the molecule is CCS(=O)(=O)NCCC1CCOC12CN(c1cc(N(C)C)ncn1)C2. The number of ether oxygens (including phenoxy) is 1. The minimum absolute atomic E-state index is 0.120. The number of aromatic nitrogens is 2. The molecule has 0 radical (unpaired) electrons. The summed E-state index contributed by atoms with van der Waals surface area (Å²) in [6.45, 7) is 4.45. The van der Waals surface area contributed by atoms with Crippen LogP contribution >= 0.6 is 0 Å². The third-order valence-corrected chi connectivity index (χ3v) is 6.54. The molecule has 0 aromatic carbocycles. The van der Waals surface area contributed by atoms with Gasteiger partial charge >= 0.3 is 0 Å². The molecule has 1 atom stereocenters. The summed E-state index contributed by atoms with van der Waals surface area (Å²) in [4.78, 5) is 12.8. The Hall–Kier alpha value is -1.45. The Balaban J connectivity index is 1.58. The maximum atomic E-state index is 11.6. The molecule has 2 aliphatic heterocycles. The molecular formula is C16H27N5O3S. The van der Waals surface area contributed by atoms with Crippen LogP contribution in [0.4, 0.5) is 11.6 Å². The highest BCUT2D eigenvalue weighted by Gasteiger charge is 2.53. The molecule has 9 heteroatoms. The summed E-state index contributed by atoms with van der Waals surface area (Å²) in [6, 6.07) is 1.98. The molecule has 0 aliphatic carbocycles. The van der Waals surface area contributed by atoms with Crippen molar-refractivity contribution >= 4 is 21.7 Å². The van der Waals surface area contributed by atoms with Crippen LogP contribution in [0.25, 0.3) is 0 Å². The summed E-state index contributed by atoms with van der Waals surface area (Å²) in [6.07, 6.45) is 3.37. The van der Waals surface area contributed by atoms with E-state index in [2.05, 4.69) is 19.6 Å². The summed E-state index contributed by atoms with van der Waals surface area (Å²) in [5.74, 6) is 2.28. The van der Waals surface area contributed by atoms with Crippen LogP contribution in [0, 0.1) is 5.92 Å². The highest BCUT2D eigenvalue weighted by Crippen LogP contribution is 2.43. The molecule has 0 bridgehead atoms. The number of nitrogens with one attached hydrogen (secondary N) is 1. The third kappa shape index (κ3) is 3.88. The molecule has 3 rings (SSSR count). The number of anilines is 2. The van der Waals surface area contributed by atoms with E-state index in [1.807, 2.05) is 25.1 Å². The van der Waals surface area contributed by atoms with Gasteiger partial charge in [0.05, 0.1) is 18.8 Å². The molecule has 2 saturated heterocycles. The van der Waals surface area contributed by atoms with E-state index in [1.165, 1.54) is 0 Å². The highest BCUT2D eigenvalue weighted by atomic mass is 32.2. The highest BCUT2D eigenvalue weighted by molar-refractivity contribution is 7.89. The maximum Gasteiger partial charge on any atom is 0.211 e. The fourth-order valence-corrected chi connectivity index (χ4v) is 4.18. The second-order valence-electron chi connectivity index (χ2n) is 6.97. The standard InChI is InChI=1S/C16H27N5O3S/c1-4-25(22,23)19-7-5-13-6-8-24-16(13)10-21(11-16)15-9-14(20(2)3)17-12-18-15/h9,12-13,19H,4-8,10-11H2,1-3H3.